The molecule has 0 atom stereocenters. The van der Waals surface area contributed by atoms with E-state index in [9.17, 15) is 9.59 Å². The molecule has 0 aliphatic heterocycles. The van der Waals surface area contributed by atoms with Crippen LogP contribution in [0.2, 0.25) is 5.02 Å². The first kappa shape index (κ1) is 21.9. The van der Waals surface area contributed by atoms with Gasteiger partial charge in [-0.15, -0.1) is 0 Å². The monoisotopic (exact) mass is 486 g/mol. The maximum atomic E-state index is 12.2. The van der Waals surface area contributed by atoms with Crippen LogP contribution in [0.4, 0.5) is 11.4 Å². The lowest BCUT2D eigenvalue weighted by Crippen LogP contribution is -2.20. The van der Waals surface area contributed by atoms with E-state index in [-0.39, 0.29) is 18.4 Å². The van der Waals surface area contributed by atoms with Crippen molar-refractivity contribution >= 4 is 50.7 Å². The summed E-state index contributed by atoms with van der Waals surface area (Å²) >= 11 is 9.40. The minimum Gasteiger partial charge on any atom is -0.482 e. The second kappa shape index (κ2) is 10.8. The Kier molecular flexibility index (Phi) is 7.88. The average molecular weight is 488 g/mol. The van der Waals surface area contributed by atoms with Crippen molar-refractivity contribution < 1.29 is 14.3 Å². The number of carbonyl (C=O) groups excluding carboxylic acids is 2. The molecule has 0 radical (unpaired) electrons. The van der Waals surface area contributed by atoms with E-state index in [1.165, 1.54) is 0 Å². The molecular formula is C23H20BrClN2O3. The normalized spacial score (nSPS) is 10.3. The van der Waals surface area contributed by atoms with Crippen LogP contribution in [0.15, 0.2) is 77.3 Å². The van der Waals surface area contributed by atoms with Crippen molar-refractivity contribution in [3.8, 4) is 5.75 Å². The van der Waals surface area contributed by atoms with Gasteiger partial charge in [-0.25, -0.2) is 0 Å². The Morgan fingerprint density at radius 1 is 0.867 bits per heavy atom. The van der Waals surface area contributed by atoms with Gasteiger partial charge in [0.25, 0.3) is 5.91 Å². The molecule has 0 bridgehead atoms. The highest BCUT2D eigenvalue weighted by Crippen LogP contribution is 2.27. The van der Waals surface area contributed by atoms with E-state index in [0.717, 1.165) is 10.0 Å². The molecule has 2 amide bonds. The second-order valence-electron chi connectivity index (χ2n) is 6.53. The molecule has 2 N–H and O–H groups in total. The highest BCUT2D eigenvalue weighted by Gasteiger charge is 2.08. The van der Waals surface area contributed by atoms with Gasteiger partial charge in [-0.1, -0.05) is 63.9 Å². The lowest BCUT2D eigenvalue weighted by Gasteiger charge is -2.11. The Labute approximate surface area is 188 Å². The summed E-state index contributed by atoms with van der Waals surface area (Å²) in [6.07, 6.45) is 1.04. The number of hydrogen-bond donors (Lipinski definition) is 2. The largest absolute Gasteiger partial charge is 0.482 e. The average Bonchev–Trinajstić information content (AvgIpc) is 2.73. The molecule has 30 heavy (non-hydrogen) atoms. The number of amides is 2. The van der Waals surface area contributed by atoms with Gasteiger partial charge < -0.3 is 15.4 Å². The van der Waals surface area contributed by atoms with Crippen LogP contribution in [0.25, 0.3) is 0 Å². The zero-order valence-corrected chi connectivity index (χ0v) is 18.4. The Balaban J connectivity index is 1.49. The fraction of sp³-hybridized carbons (Fsp3) is 0.130. The van der Waals surface area contributed by atoms with Gasteiger partial charge in [0.05, 0.1) is 5.02 Å². The van der Waals surface area contributed by atoms with Gasteiger partial charge >= 0.3 is 0 Å². The van der Waals surface area contributed by atoms with E-state index in [4.69, 9.17) is 16.3 Å². The number of anilines is 2. The van der Waals surface area contributed by atoms with Crippen LogP contribution >= 0.6 is 27.5 Å². The van der Waals surface area contributed by atoms with Gasteiger partial charge in [0.1, 0.15) is 5.75 Å². The summed E-state index contributed by atoms with van der Waals surface area (Å²) in [4.78, 5) is 24.4. The van der Waals surface area contributed by atoms with Crippen molar-refractivity contribution in [3.63, 3.8) is 0 Å². The molecule has 0 aromatic heterocycles. The van der Waals surface area contributed by atoms with Crippen LogP contribution in [0.5, 0.6) is 5.75 Å². The van der Waals surface area contributed by atoms with Gasteiger partial charge in [0.15, 0.2) is 6.61 Å². The Hall–Kier alpha value is -2.83. The van der Waals surface area contributed by atoms with Crippen molar-refractivity contribution in [3.05, 3.63) is 87.9 Å². The van der Waals surface area contributed by atoms with Crippen LogP contribution in [0.1, 0.15) is 12.0 Å². The quantitative estimate of drug-likeness (QED) is 0.429. The first-order valence-corrected chi connectivity index (χ1v) is 10.5. The highest BCUT2D eigenvalue weighted by atomic mass is 79.9. The molecule has 0 aliphatic carbocycles. The van der Waals surface area contributed by atoms with Gasteiger partial charge in [0, 0.05) is 22.3 Å². The number of rotatable bonds is 8. The molecule has 3 aromatic carbocycles. The third-order valence-corrected chi connectivity index (χ3v) is 4.95. The SMILES string of the molecule is O=C(CCc1ccccc1)Nc1cccc(NC(=O)COc2ccc(Br)cc2Cl)c1. The number of halogens is 2. The summed E-state index contributed by atoms with van der Waals surface area (Å²) in [7, 11) is 0. The van der Waals surface area contributed by atoms with E-state index in [1.807, 2.05) is 30.3 Å². The molecule has 0 unspecified atom stereocenters. The molecule has 0 aliphatic rings. The van der Waals surface area contributed by atoms with E-state index in [2.05, 4.69) is 26.6 Å². The van der Waals surface area contributed by atoms with Crippen LogP contribution in [-0.2, 0) is 16.0 Å². The summed E-state index contributed by atoms with van der Waals surface area (Å²) in [5.74, 6) is 0.00605. The van der Waals surface area contributed by atoms with Crippen molar-refractivity contribution in [1.29, 1.82) is 0 Å². The molecule has 154 valence electrons. The minimum atomic E-state index is -0.332. The van der Waals surface area contributed by atoms with Crippen molar-refractivity contribution in [1.82, 2.24) is 0 Å². The molecular weight excluding hydrogens is 468 g/mol. The van der Waals surface area contributed by atoms with Gasteiger partial charge in [-0.2, -0.15) is 0 Å². The van der Waals surface area contributed by atoms with Gasteiger partial charge in [-0.3, -0.25) is 9.59 Å². The number of carbonyl (C=O) groups is 2. The maximum Gasteiger partial charge on any atom is 0.262 e. The third kappa shape index (κ3) is 6.90. The number of aryl methyl sites for hydroxylation is 1. The summed E-state index contributed by atoms with van der Waals surface area (Å²) in [5, 5.41) is 6.01. The van der Waals surface area contributed by atoms with Crippen molar-refractivity contribution in [2.75, 3.05) is 17.2 Å². The number of nitrogens with one attached hydrogen (secondary N) is 2. The lowest BCUT2D eigenvalue weighted by molar-refractivity contribution is -0.118. The minimum absolute atomic E-state index is 0.0875. The Bertz CT molecular complexity index is 1030. The number of hydrogen-bond acceptors (Lipinski definition) is 3. The van der Waals surface area contributed by atoms with Gasteiger partial charge in [-0.05, 0) is 48.4 Å². The molecule has 0 saturated heterocycles. The fourth-order valence-electron chi connectivity index (χ4n) is 2.73. The molecule has 3 aromatic rings. The second-order valence-corrected chi connectivity index (χ2v) is 7.85. The first-order chi connectivity index (χ1) is 14.5. The van der Waals surface area contributed by atoms with Gasteiger partial charge in [0.2, 0.25) is 5.91 Å². The Morgan fingerprint density at radius 2 is 1.57 bits per heavy atom. The maximum absolute atomic E-state index is 12.2. The van der Waals surface area contributed by atoms with Crippen LogP contribution < -0.4 is 15.4 Å². The van der Waals surface area contributed by atoms with Crippen molar-refractivity contribution in [2.45, 2.75) is 12.8 Å². The topological polar surface area (TPSA) is 67.4 Å². The van der Waals surface area contributed by atoms with E-state index in [0.29, 0.717) is 35.0 Å². The highest BCUT2D eigenvalue weighted by molar-refractivity contribution is 9.10. The fourth-order valence-corrected chi connectivity index (χ4v) is 3.46. The molecule has 0 fully saturated rings. The Morgan fingerprint density at radius 3 is 2.27 bits per heavy atom. The molecule has 0 saturated carbocycles. The third-order valence-electron chi connectivity index (χ3n) is 4.17. The molecule has 0 heterocycles. The first-order valence-electron chi connectivity index (χ1n) is 9.31. The summed E-state index contributed by atoms with van der Waals surface area (Å²) < 4.78 is 6.29. The van der Waals surface area contributed by atoms with E-state index in [1.54, 1.807) is 42.5 Å². The smallest absolute Gasteiger partial charge is 0.262 e. The zero-order valence-electron chi connectivity index (χ0n) is 16.0. The predicted molar refractivity (Wildman–Crippen MR) is 123 cm³/mol. The molecule has 7 heteroatoms. The summed E-state index contributed by atoms with van der Waals surface area (Å²) in [5.41, 5.74) is 2.29. The van der Waals surface area contributed by atoms with E-state index < -0.39 is 0 Å². The zero-order chi connectivity index (χ0) is 21.3. The van der Waals surface area contributed by atoms with Crippen LogP contribution in [-0.4, -0.2) is 18.4 Å². The van der Waals surface area contributed by atoms with Crippen LogP contribution in [0, 0.1) is 0 Å². The summed E-state index contributed by atoms with van der Waals surface area (Å²) in [6, 6.07) is 22.0. The lowest BCUT2D eigenvalue weighted by atomic mass is 10.1. The molecule has 5 nitrogen and oxygen atoms in total. The predicted octanol–water partition coefficient (Wildman–Crippen LogP) is 5.69. The molecule has 0 spiro atoms. The standard InChI is InChI=1S/C23H20BrClN2O3/c24-17-10-11-21(20(25)13-17)30-15-23(29)27-19-8-4-7-18(14-19)26-22(28)12-9-16-5-2-1-3-6-16/h1-8,10-11,13-14H,9,12,15H2,(H,26,28)(H,27,29). The van der Waals surface area contributed by atoms with E-state index >= 15 is 0 Å². The molecule has 3 rings (SSSR count). The van der Waals surface area contributed by atoms with Crippen LogP contribution in [0.3, 0.4) is 0 Å². The number of ether oxygens (including phenoxy) is 1. The summed E-state index contributed by atoms with van der Waals surface area (Å²) in [6.45, 7) is -0.186. The van der Waals surface area contributed by atoms with Crippen molar-refractivity contribution in [2.24, 2.45) is 0 Å². The number of benzene rings is 3.